The molecule has 0 bridgehead atoms. The van der Waals surface area contributed by atoms with Crippen molar-refractivity contribution in [1.29, 1.82) is 0 Å². The zero-order chi connectivity index (χ0) is 8.81. The normalized spacial score (nSPS) is 8.67. The lowest BCUT2D eigenvalue weighted by Crippen LogP contribution is -1.81. The van der Waals surface area contributed by atoms with Crippen LogP contribution in [0.2, 0.25) is 0 Å². The maximum atomic E-state index is 5.07. The Bertz CT molecular complexity index is 250. The Morgan fingerprint density at radius 1 is 0.917 bits per heavy atom. The zero-order valence-electron chi connectivity index (χ0n) is 6.10. The Morgan fingerprint density at radius 3 is 1.42 bits per heavy atom. The van der Waals surface area contributed by atoms with Crippen molar-refractivity contribution in [3.05, 3.63) is 12.4 Å². The molecular weight excluding hydrogens is 160 g/mol. The number of anilines is 2. The fraction of sp³-hybridized carbons (Fsp3) is 0. The molecule has 0 saturated carbocycles. The molecule has 2 aromatic rings. The van der Waals surface area contributed by atoms with Crippen LogP contribution in [0.25, 0.3) is 0 Å². The lowest BCUT2D eigenvalue weighted by molar-refractivity contribution is 0.943. The molecule has 2 heterocycles. The first-order chi connectivity index (χ1) is 5.79. The van der Waals surface area contributed by atoms with Crippen molar-refractivity contribution in [2.45, 2.75) is 0 Å². The van der Waals surface area contributed by atoms with Crippen LogP contribution in [0, 0.1) is 0 Å². The van der Waals surface area contributed by atoms with E-state index < -0.39 is 0 Å². The van der Waals surface area contributed by atoms with E-state index in [9.17, 15) is 0 Å². The molecule has 2 aromatic heterocycles. The molecule has 64 valence electrons. The van der Waals surface area contributed by atoms with Gasteiger partial charge in [0, 0.05) is 0 Å². The highest BCUT2D eigenvalue weighted by atomic mass is 15.3. The Kier molecular flexibility index (Phi) is 2.60. The first kappa shape index (κ1) is 7.98. The predicted molar refractivity (Wildman–Crippen MR) is 41.6 cm³/mol. The van der Waals surface area contributed by atoms with Crippen molar-refractivity contribution < 1.29 is 0 Å². The topological polar surface area (TPSA) is 135 Å². The number of aromatic amines is 2. The van der Waals surface area contributed by atoms with E-state index in [1.807, 2.05) is 0 Å². The summed E-state index contributed by atoms with van der Waals surface area (Å²) in [5, 5.41) is 18.4. The Hall–Kier alpha value is -2.12. The molecular formula is C4H8N8. The van der Waals surface area contributed by atoms with Gasteiger partial charge in [0.1, 0.15) is 0 Å². The molecule has 0 unspecified atom stereocenters. The second-order valence-corrected chi connectivity index (χ2v) is 1.79. The maximum Gasteiger partial charge on any atom is 0.165 e. The summed E-state index contributed by atoms with van der Waals surface area (Å²) in [6.45, 7) is 0. The van der Waals surface area contributed by atoms with Gasteiger partial charge in [-0.25, -0.2) is 0 Å². The molecule has 0 spiro atoms. The molecule has 0 saturated heterocycles. The van der Waals surface area contributed by atoms with Gasteiger partial charge in [-0.1, -0.05) is 0 Å². The summed E-state index contributed by atoms with van der Waals surface area (Å²) in [6.07, 6.45) is 2.89. The van der Waals surface area contributed by atoms with Crippen molar-refractivity contribution in [3.8, 4) is 0 Å². The molecule has 0 aromatic carbocycles. The number of aromatic nitrogens is 6. The van der Waals surface area contributed by atoms with Crippen molar-refractivity contribution >= 4 is 11.6 Å². The highest BCUT2D eigenvalue weighted by Gasteiger charge is 1.77. The van der Waals surface area contributed by atoms with Gasteiger partial charge < -0.3 is 11.5 Å². The van der Waals surface area contributed by atoms with E-state index in [1.165, 1.54) is 12.4 Å². The van der Waals surface area contributed by atoms with Crippen LogP contribution in [0.4, 0.5) is 11.6 Å². The number of H-pyrrole nitrogens is 2. The minimum Gasteiger partial charge on any atom is -0.381 e. The number of nitrogens with zero attached hydrogens (tertiary/aromatic N) is 4. The summed E-state index contributed by atoms with van der Waals surface area (Å²) in [5.74, 6) is 0.852. The molecule has 0 aliphatic carbocycles. The van der Waals surface area contributed by atoms with Crippen LogP contribution in [-0.2, 0) is 0 Å². The second kappa shape index (κ2) is 3.91. The first-order valence-electron chi connectivity index (χ1n) is 3.01. The van der Waals surface area contributed by atoms with Crippen LogP contribution < -0.4 is 11.5 Å². The van der Waals surface area contributed by atoms with Gasteiger partial charge in [0.25, 0.3) is 0 Å². The number of nitrogens with one attached hydrogen (secondary N) is 2. The SMILES string of the molecule is Nc1cn[nH]n1.Nc1cn[nH]n1. The minimum atomic E-state index is 0.426. The van der Waals surface area contributed by atoms with Gasteiger partial charge in [-0.15, -0.1) is 10.2 Å². The van der Waals surface area contributed by atoms with Crippen LogP contribution in [0.1, 0.15) is 0 Å². The van der Waals surface area contributed by atoms with Gasteiger partial charge in [0.05, 0.1) is 12.4 Å². The van der Waals surface area contributed by atoms with Crippen molar-refractivity contribution in [2.75, 3.05) is 11.5 Å². The second-order valence-electron chi connectivity index (χ2n) is 1.79. The van der Waals surface area contributed by atoms with Crippen molar-refractivity contribution in [2.24, 2.45) is 0 Å². The third-order valence-electron chi connectivity index (χ3n) is 0.867. The van der Waals surface area contributed by atoms with Crippen LogP contribution in [0.15, 0.2) is 12.4 Å². The molecule has 0 amide bonds. The van der Waals surface area contributed by atoms with Gasteiger partial charge >= 0.3 is 0 Å². The number of nitrogen functional groups attached to an aromatic ring is 2. The number of hydrogen-bond donors (Lipinski definition) is 4. The smallest absolute Gasteiger partial charge is 0.165 e. The fourth-order valence-corrected chi connectivity index (χ4v) is 0.421. The van der Waals surface area contributed by atoms with E-state index in [2.05, 4.69) is 30.8 Å². The monoisotopic (exact) mass is 168 g/mol. The van der Waals surface area contributed by atoms with E-state index in [0.717, 1.165) is 0 Å². The number of rotatable bonds is 0. The summed E-state index contributed by atoms with van der Waals surface area (Å²) in [6, 6.07) is 0. The van der Waals surface area contributed by atoms with Gasteiger partial charge in [-0.05, 0) is 0 Å². The highest BCUT2D eigenvalue weighted by Crippen LogP contribution is 1.81. The van der Waals surface area contributed by atoms with E-state index in [0.29, 0.717) is 11.6 Å². The molecule has 0 aliphatic heterocycles. The molecule has 12 heavy (non-hydrogen) atoms. The third-order valence-corrected chi connectivity index (χ3v) is 0.867. The zero-order valence-corrected chi connectivity index (χ0v) is 6.10. The van der Waals surface area contributed by atoms with Gasteiger partial charge in [0.2, 0.25) is 0 Å². The van der Waals surface area contributed by atoms with Crippen LogP contribution in [0.5, 0.6) is 0 Å². The van der Waals surface area contributed by atoms with Crippen molar-refractivity contribution in [1.82, 2.24) is 30.8 Å². The van der Waals surface area contributed by atoms with Crippen LogP contribution >= 0.6 is 0 Å². The quantitative estimate of drug-likeness (QED) is 0.389. The van der Waals surface area contributed by atoms with E-state index in [4.69, 9.17) is 11.5 Å². The molecule has 8 heteroatoms. The van der Waals surface area contributed by atoms with Gasteiger partial charge in [-0.2, -0.15) is 20.6 Å². The lowest BCUT2D eigenvalue weighted by Gasteiger charge is -1.65. The largest absolute Gasteiger partial charge is 0.381 e. The van der Waals surface area contributed by atoms with E-state index in [-0.39, 0.29) is 0 Å². The highest BCUT2D eigenvalue weighted by molar-refractivity contribution is 5.18. The first-order valence-corrected chi connectivity index (χ1v) is 3.01. The molecule has 0 fully saturated rings. The standard InChI is InChI=1S/2C2H4N4/c2*3-2-1-4-6-5-2/h2*1H,(H3,3,4,5,6). The summed E-state index contributed by atoms with van der Waals surface area (Å²) < 4.78 is 0. The maximum absolute atomic E-state index is 5.07. The number of hydrogen-bond acceptors (Lipinski definition) is 6. The molecule has 2 rings (SSSR count). The molecule has 0 radical (unpaired) electrons. The Labute approximate surface area is 67.3 Å². The average molecular weight is 168 g/mol. The van der Waals surface area contributed by atoms with Gasteiger partial charge in [-0.3, -0.25) is 0 Å². The minimum absolute atomic E-state index is 0.426. The predicted octanol–water partition coefficient (Wildman–Crippen LogP) is -1.23. The van der Waals surface area contributed by atoms with Crippen LogP contribution in [0.3, 0.4) is 0 Å². The number of nitrogens with two attached hydrogens (primary N) is 2. The fourth-order valence-electron chi connectivity index (χ4n) is 0.421. The van der Waals surface area contributed by atoms with Gasteiger partial charge in [0.15, 0.2) is 11.6 Å². The van der Waals surface area contributed by atoms with Crippen molar-refractivity contribution in [3.63, 3.8) is 0 Å². The lowest BCUT2D eigenvalue weighted by atomic mass is 10.8. The molecule has 6 N–H and O–H groups in total. The molecule has 0 atom stereocenters. The third kappa shape index (κ3) is 2.64. The average Bonchev–Trinajstić information content (AvgIpc) is 2.63. The summed E-state index contributed by atoms with van der Waals surface area (Å²) in [5.41, 5.74) is 10.1. The summed E-state index contributed by atoms with van der Waals surface area (Å²) in [4.78, 5) is 0. The Balaban J connectivity index is 0.000000120. The van der Waals surface area contributed by atoms with E-state index in [1.54, 1.807) is 0 Å². The Morgan fingerprint density at radius 2 is 1.33 bits per heavy atom. The molecule has 8 nitrogen and oxygen atoms in total. The van der Waals surface area contributed by atoms with E-state index >= 15 is 0 Å². The molecule has 0 aliphatic rings. The van der Waals surface area contributed by atoms with Crippen LogP contribution in [-0.4, -0.2) is 30.8 Å². The summed E-state index contributed by atoms with van der Waals surface area (Å²) in [7, 11) is 0. The summed E-state index contributed by atoms with van der Waals surface area (Å²) >= 11 is 0.